The Labute approximate surface area is 99.3 Å². The summed E-state index contributed by atoms with van der Waals surface area (Å²) in [6.45, 7) is 7.70. The number of halogens is 1. The van der Waals surface area contributed by atoms with E-state index in [-0.39, 0.29) is 0 Å². The van der Waals surface area contributed by atoms with Gasteiger partial charge in [-0.05, 0) is 33.8 Å². The molecule has 0 aliphatic rings. The fourth-order valence-electron chi connectivity index (χ4n) is 1.51. The average molecular weight is 237 g/mol. The van der Waals surface area contributed by atoms with Crippen LogP contribution in [-0.2, 0) is 0 Å². The Morgan fingerprint density at radius 1 is 1.06 bits per heavy atom. The topological polar surface area (TPSA) is 43.6 Å². The molecule has 0 aromatic carbocycles. The van der Waals surface area contributed by atoms with E-state index < -0.39 is 0 Å². The van der Waals surface area contributed by atoms with Gasteiger partial charge in [0, 0.05) is 17.0 Å². The Morgan fingerprint density at radius 3 is 2.06 bits per heavy atom. The van der Waals surface area contributed by atoms with Crippen molar-refractivity contribution in [3.63, 3.8) is 0 Å². The van der Waals surface area contributed by atoms with E-state index in [0.717, 1.165) is 22.6 Å². The molecule has 0 saturated carbocycles. The number of aryl methyl sites for hydroxylation is 3. The van der Waals surface area contributed by atoms with Crippen molar-refractivity contribution in [3.05, 3.63) is 33.9 Å². The van der Waals surface area contributed by atoms with Gasteiger partial charge < -0.3 is 0 Å². The van der Waals surface area contributed by atoms with Crippen molar-refractivity contribution in [2.24, 2.45) is 0 Å². The highest BCUT2D eigenvalue weighted by atomic mass is 35.5. The third-order valence-electron chi connectivity index (χ3n) is 2.45. The molecule has 5 heteroatoms. The van der Waals surface area contributed by atoms with Gasteiger partial charge in [0.2, 0.25) is 0 Å². The molecule has 0 fully saturated rings. The SMILES string of the molecule is Cc1cc(C)nc(-n2nc(C)c(C)c2Cl)n1. The summed E-state index contributed by atoms with van der Waals surface area (Å²) in [5.74, 6) is 0.527. The molecular weight excluding hydrogens is 224 g/mol. The second-order valence-corrected chi connectivity index (χ2v) is 4.22. The first-order chi connectivity index (χ1) is 7.49. The summed E-state index contributed by atoms with van der Waals surface area (Å²) in [6.07, 6.45) is 0. The molecule has 0 amide bonds. The Morgan fingerprint density at radius 2 is 1.62 bits per heavy atom. The third kappa shape index (κ3) is 1.80. The van der Waals surface area contributed by atoms with Crippen LogP contribution in [0.5, 0.6) is 0 Å². The Hall–Kier alpha value is -1.42. The predicted octanol–water partition coefficient (Wildman–Crippen LogP) is 2.55. The van der Waals surface area contributed by atoms with Gasteiger partial charge in [0.05, 0.1) is 5.69 Å². The van der Waals surface area contributed by atoms with Gasteiger partial charge in [-0.25, -0.2) is 9.97 Å². The minimum Gasteiger partial charge on any atom is -0.216 e. The van der Waals surface area contributed by atoms with Gasteiger partial charge in [-0.3, -0.25) is 0 Å². The second-order valence-electron chi connectivity index (χ2n) is 3.86. The molecule has 0 aliphatic carbocycles. The molecule has 0 atom stereocenters. The van der Waals surface area contributed by atoms with Gasteiger partial charge in [0.25, 0.3) is 5.95 Å². The molecule has 0 spiro atoms. The lowest BCUT2D eigenvalue weighted by molar-refractivity contribution is 0.784. The molecule has 0 bridgehead atoms. The highest BCUT2D eigenvalue weighted by Crippen LogP contribution is 2.20. The maximum atomic E-state index is 6.17. The van der Waals surface area contributed by atoms with E-state index >= 15 is 0 Å². The molecule has 0 unspecified atom stereocenters. The zero-order chi connectivity index (χ0) is 11.9. The van der Waals surface area contributed by atoms with E-state index in [0.29, 0.717) is 11.1 Å². The lowest BCUT2D eigenvalue weighted by Gasteiger charge is -2.03. The van der Waals surface area contributed by atoms with E-state index in [1.807, 2.05) is 33.8 Å². The van der Waals surface area contributed by atoms with E-state index in [1.165, 1.54) is 0 Å². The molecule has 4 nitrogen and oxygen atoms in total. The standard InChI is InChI=1S/C11H13ClN4/c1-6-5-7(2)14-11(13-6)16-10(12)8(3)9(4)15-16/h5H,1-4H3. The summed E-state index contributed by atoms with van der Waals surface area (Å²) in [7, 11) is 0. The zero-order valence-electron chi connectivity index (χ0n) is 9.74. The highest BCUT2D eigenvalue weighted by molar-refractivity contribution is 6.30. The molecule has 0 saturated heterocycles. The minimum absolute atomic E-state index is 0.527. The number of hydrogen-bond acceptors (Lipinski definition) is 3. The molecule has 84 valence electrons. The molecule has 2 rings (SSSR count). The fourth-order valence-corrected chi connectivity index (χ4v) is 1.76. The molecule has 2 aromatic rings. The van der Waals surface area contributed by atoms with Crippen molar-refractivity contribution < 1.29 is 0 Å². The summed E-state index contributed by atoms with van der Waals surface area (Å²) in [4.78, 5) is 8.65. The van der Waals surface area contributed by atoms with Gasteiger partial charge in [-0.15, -0.1) is 0 Å². The van der Waals surface area contributed by atoms with E-state index in [4.69, 9.17) is 11.6 Å². The lowest BCUT2D eigenvalue weighted by atomic mass is 10.3. The first kappa shape index (κ1) is 11.1. The minimum atomic E-state index is 0.527. The summed E-state index contributed by atoms with van der Waals surface area (Å²) >= 11 is 6.17. The van der Waals surface area contributed by atoms with Crippen LogP contribution in [0.25, 0.3) is 5.95 Å². The second kappa shape index (κ2) is 3.87. The summed E-state index contributed by atoms with van der Waals surface area (Å²) < 4.78 is 1.58. The van der Waals surface area contributed by atoms with Crippen LogP contribution in [0.2, 0.25) is 5.15 Å². The summed E-state index contributed by atoms with van der Waals surface area (Å²) in [5.41, 5.74) is 3.67. The third-order valence-corrected chi connectivity index (χ3v) is 2.89. The van der Waals surface area contributed by atoms with Gasteiger partial charge in [0.1, 0.15) is 5.15 Å². The average Bonchev–Trinajstić information content (AvgIpc) is 2.44. The molecule has 2 heterocycles. The summed E-state index contributed by atoms with van der Waals surface area (Å²) in [5, 5.41) is 4.89. The number of aromatic nitrogens is 4. The Bertz CT molecular complexity index is 525. The van der Waals surface area contributed by atoms with Crippen LogP contribution in [0.4, 0.5) is 0 Å². The normalized spacial score (nSPS) is 10.8. The fraction of sp³-hybridized carbons (Fsp3) is 0.364. The van der Waals surface area contributed by atoms with Crippen LogP contribution < -0.4 is 0 Å². The number of nitrogens with zero attached hydrogens (tertiary/aromatic N) is 4. The monoisotopic (exact) mass is 236 g/mol. The Balaban J connectivity index is 2.62. The van der Waals surface area contributed by atoms with Gasteiger partial charge in [0.15, 0.2) is 0 Å². The molecule has 0 N–H and O–H groups in total. The smallest absolute Gasteiger partial charge is 0.216 e. The molecule has 0 aliphatic heterocycles. The largest absolute Gasteiger partial charge is 0.252 e. The van der Waals surface area contributed by atoms with Crippen LogP contribution >= 0.6 is 11.6 Å². The first-order valence-corrected chi connectivity index (χ1v) is 5.41. The number of rotatable bonds is 1. The zero-order valence-corrected chi connectivity index (χ0v) is 10.5. The van der Waals surface area contributed by atoms with Crippen molar-refractivity contribution in [3.8, 4) is 5.95 Å². The van der Waals surface area contributed by atoms with Crippen molar-refractivity contribution in [1.29, 1.82) is 0 Å². The molecular formula is C11H13ClN4. The molecule has 2 aromatic heterocycles. The lowest BCUT2D eigenvalue weighted by Crippen LogP contribution is -2.05. The van der Waals surface area contributed by atoms with Gasteiger partial charge in [-0.2, -0.15) is 9.78 Å². The molecule has 16 heavy (non-hydrogen) atoms. The van der Waals surface area contributed by atoms with Crippen LogP contribution in [-0.4, -0.2) is 19.7 Å². The predicted molar refractivity (Wildman–Crippen MR) is 63.1 cm³/mol. The van der Waals surface area contributed by atoms with Crippen LogP contribution in [0, 0.1) is 27.7 Å². The first-order valence-electron chi connectivity index (χ1n) is 5.03. The van der Waals surface area contributed by atoms with Crippen molar-refractivity contribution >= 4 is 11.6 Å². The Kier molecular flexibility index (Phi) is 2.68. The van der Waals surface area contributed by atoms with Gasteiger partial charge in [-0.1, -0.05) is 11.6 Å². The highest BCUT2D eigenvalue weighted by Gasteiger charge is 2.13. The van der Waals surface area contributed by atoms with Crippen molar-refractivity contribution in [2.45, 2.75) is 27.7 Å². The van der Waals surface area contributed by atoms with Crippen LogP contribution in [0.1, 0.15) is 22.6 Å². The quantitative estimate of drug-likeness (QED) is 0.764. The van der Waals surface area contributed by atoms with Crippen LogP contribution in [0.3, 0.4) is 0 Å². The van der Waals surface area contributed by atoms with Gasteiger partial charge >= 0.3 is 0 Å². The maximum Gasteiger partial charge on any atom is 0.252 e. The van der Waals surface area contributed by atoms with Crippen LogP contribution in [0.15, 0.2) is 6.07 Å². The number of hydrogen-bond donors (Lipinski definition) is 0. The van der Waals surface area contributed by atoms with Crippen molar-refractivity contribution in [1.82, 2.24) is 19.7 Å². The molecule has 0 radical (unpaired) electrons. The van der Waals surface area contributed by atoms with E-state index in [1.54, 1.807) is 4.68 Å². The van der Waals surface area contributed by atoms with E-state index in [2.05, 4.69) is 15.1 Å². The maximum absolute atomic E-state index is 6.17. The summed E-state index contributed by atoms with van der Waals surface area (Å²) in [6, 6.07) is 1.92. The van der Waals surface area contributed by atoms with E-state index in [9.17, 15) is 0 Å². The van der Waals surface area contributed by atoms with Crippen molar-refractivity contribution in [2.75, 3.05) is 0 Å².